The first-order valence-electron chi connectivity index (χ1n) is 9.25. The van der Waals surface area contributed by atoms with Crippen LogP contribution in [0.2, 0.25) is 0 Å². The van der Waals surface area contributed by atoms with E-state index in [1.54, 1.807) is 24.2 Å². The molecule has 0 saturated carbocycles. The number of rotatable bonds is 6. The molecule has 1 aliphatic rings. The molecule has 2 amide bonds. The number of urea groups is 1. The highest BCUT2D eigenvalue weighted by Gasteiger charge is 2.33. The summed E-state index contributed by atoms with van der Waals surface area (Å²) in [5.41, 5.74) is 3.05. The number of ether oxygens (including phenoxy) is 1. The van der Waals surface area contributed by atoms with Crippen LogP contribution in [0, 0.1) is 0 Å². The van der Waals surface area contributed by atoms with E-state index < -0.39 is 6.04 Å². The van der Waals surface area contributed by atoms with E-state index in [4.69, 9.17) is 4.74 Å². The van der Waals surface area contributed by atoms with E-state index in [-0.39, 0.29) is 11.8 Å². The van der Waals surface area contributed by atoms with Crippen molar-refractivity contribution in [3.63, 3.8) is 0 Å². The van der Waals surface area contributed by atoms with Gasteiger partial charge >= 0.3 is 6.03 Å². The summed E-state index contributed by atoms with van der Waals surface area (Å²) in [6.45, 7) is 4.21. The van der Waals surface area contributed by atoms with Crippen LogP contribution in [0.5, 0.6) is 5.75 Å². The zero-order valence-corrected chi connectivity index (χ0v) is 16.3. The number of amides is 2. The van der Waals surface area contributed by atoms with Gasteiger partial charge in [0.2, 0.25) is 0 Å². The lowest BCUT2D eigenvalue weighted by Gasteiger charge is -2.35. The van der Waals surface area contributed by atoms with Gasteiger partial charge in [0.15, 0.2) is 5.78 Å². The number of allylic oxidation sites excluding steroid dienone is 2. The molecule has 0 aromatic heterocycles. The van der Waals surface area contributed by atoms with E-state index in [1.807, 2.05) is 68.4 Å². The Hall–Kier alpha value is -3.34. The van der Waals surface area contributed by atoms with E-state index in [0.717, 1.165) is 16.9 Å². The monoisotopic (exact) mass is 376 g/mol. The van der Waals surface area contributed by atoms with Gasteiger partial charge in [-0.1, -0.05) is 48.5 Å². The Morgan fingerprint density at radius 3 is 2.43 bits per heavy atom. The summed E-state index contributed by atoms with van der Waals surface area (Å²) >= 11 is 0. The summed E-state index contributed by atoms with van der Waals surface area (Å²) in [4.78, 5) is 27.2. The number of benzene rings is 2. The first kappa shape index (κ1) is 19.4. The third-order valence-corrected chi connectivity index (χ3v) is 4.85. The normalized spacial score (nSPS) is 17.0. The molecule has 5 heteroatoms. The van der Waals surface area contributed by atoms with Gasteiger partial charge in [-0.15, -0.1) is 0 Å². The Bertz CT molecular complexity index is 915. The van der Waals surface area contributed by atoms with Gasteiger partial charge in [0.1, 0.15) is 5.75 Å². The van der Waals surface area contributed by atoms with Crippen LogP contribution in [0.25, 0.3) is 6.08 Å². The standard InChI is InChI=1S/C23H24N2O3/c1-4-25-16(2)21(22(24-23(25)27)18-8-6-5-7-9-18)20(26)15-12-17-10-13-19(28-3)14-11-17/h5-15,22H,4H2,1-3H3,(H,24,27)/b15-12+. The summed E-state index contributed by atoms with van der Waals surface area (Å²) in [5, 5.41) is 2.97. The second-order valence-corrected chi connectivity index (χ2v) is 6.51. The average molecular weight is 376 g/mol. The van der Waals surface area contributed by atoms with Crippen LogP contribution in [0.4, 0.5) is 4.79 Å². The molecule has 0 bridgehead atoms. The van der Waals surface area contributed by atoms with Gasteiger partial charge in [0.05, 0.1) is 13.2 Å². The van der Waals surface area contributed by atoms with Gasteiger partial charge in [-0.25, -0.2) is 4.79 Å². The highest BCUT2D eigenvalue weighted by atomic mass is 16.5. The fourth-order valence-corrected chi connectivity index (χ4v) is 3.35. The maximum atomic E-state index is 13.1. The summed E-state index contributed by atoms with van der Waals surface area (Å²) < 4.78 is 5.16. The summed E-state index contributed by atoms with van der Waals surface area (Å²) in [6.07, 6.45) is 3.33. The zero-order valence-electron chi connectivity index (χ0n) is 16.3. The Kier molecular flexibility index (Phi) is 5.94. The first-order chi connectivity index (χ1) is 13.5. The molecule has 1 heterocycles. The molecule has 1 aliphatic heterocycles. The minimum Gasteiger partial charge on any atom is -0.497 e. The van der Waals surface area contributed by atoms with Crippen molar-refractivity contribution in [1.29, 1.82) is 0 Å². The molecule has 1 N–H and O–H groups in total. The van der Waals surface area contributed by atoms with E-state index in [1.165, 1.54) is 0 Å². The molecule has 144 valence electrons. The molecule has 28 heavy (non-hydrogen) atoms. The quantitative estimate of drug-likeness (QED) is 0.763. The first-order valence-corrected chi connectivity index (χ1v) is 9.25. The van der Waals surface area contributed by atoms with Crippen molar-refractivity contribution in [1.82, 2.24) is 10.2 Å². The van der Waals surface area contributed by atoms with E-state index in [0.29, 0.717) is 17.8 Å². The van der Waals surface area contributed by atoms with Gasteiger partial charge in [-0.05, 0) is 43.2 Å². The third-order valence-electron chi connectivity index (χ3n) is 4.85. The molecular weight excluding hydrogens is 352 g/mol. The summed E-state index contributed by atoms with van der Waals surface area (Å²) in [6, 6.07) is 16.4. The molecule has 0 aliphatic carbocycles. The lowest BCUT2D eigenvalue weighted by Crippen LogP contribution is -2.47. The van der Waals surface area contributed by atoms with Gasteiger partial charge < -0.3 is 10.1 Å². The Morgan fingerprint density at radius 1 is 1.14 bits per heavy atom. The lowest BCUT2D eigenvalue weighted by molar-refractivity contribution is -0.111. The molecule has 3 rings (SSSR count). The second kappa shape index (κ2) is 8.57. The number of hydrogen-bond donors (Lipinski definition) is 1. The number of carbonyl (C=O) groups excluding carboxylic acids is 2. The molecule has 2 aromatic carbocycles. The summed E-state index contributed by atoms with van der Waals surface area (Å²) in [5.74, 6) is 0.639. The minimum atomic E-state index is -0.468. The van der Waals surface area contributed by atoms with Crippen LogP contribution in [-0.4, -0.2) is 30.4 Å². The highest BCUT2D eigenvalue weighted by molar-refractivity contribution is 6.09. The number of nitrogens with zero attached hydrogens (tertiary/aromatic N) is 1. The topological polar surface area (TPSA) is 58.6 Å². The second-order valence-electron chi connectivity index (χ2n) is 6.51. The molecule has 5 nitrogen and oxygen atoms in total. The van der Waals surface area contributed by atoms with Gasteiger partial charge in [-0.2, -0.15) is 0 Å². The van der Waals surface area contributed by atoms with Crippen LogP contribution in [0.3, 0.4) is 0 Å². The van der Waals surface area contributed by atoms with E-state index in [9.17, 15) is 9.59 Å². The van der Waals surface area contributed by atoms with Crippen LogP contribution in [-0.2, 0) is 4.79 Å². The van der Waals surface area contributed by atoms with Crippen molar-refractivity contribution in [2.45, 2.75) is 19.9 Å². The van der Waals surface area contributed by atoms with Crippen molar-refractivity contribution in [3.8, 4) is 5.75 Å². The van der Waals surface area contributed by atoms with Crippen molar-refractivity contribution in [2.75, 3.05) is 13.7 Å². The SMILES string of the molecule is CCN1C(=O)NC(c2ccccc2)C(C(=O)/C=C/c2ccc(OC)cc2)=C1C. The van der Waals surface area contributed by atoms with Crippen LogP contribution in [0.15, 0.2) is 71.9 Å². The molecule has 1 unspecified atom stereocenters. The van der Waals surface area contributed by atoms with E-state index >= 15 is 0 Å². The van der Waals surface area contributed by atoms with Gasteiger partial charge in [-0.3, -0.25) is 9.69 Å². The number of methoxy groups -OCH3 is 1. The van der Waals surface area contributed by atoms with E-state index in [2.05, 4.69) is 5.32 Å². The molecule has 0 fully saturated rings. The predicted octanol–water partition coefficient (Wildman–Crippen LogP) is 4.34. The molecule has 1 atom stereocenters. The molecule has 2 aromatic rings. The smallest absolute Gasteiger partial charge is 0.322 e. The third kappa shape index (κ3) is 3.98. The molecule has 0 saturated heterocycles. The lowest BCUT2D eigenvalue weighted by atomic mass is 9.91. The zero-order chi connectivity index (χ0) is 20.1. The minimum absolute atomic E-state index is 0.124. The van der Waals surface area contributed by atoms with Crippen LogP contribution < -0.4 is 10.1 Å². The highest BCUT2D eigenvalue weighted by Crippen LogP contribution is 2.31. The largest absolute Gasteiger partial charge is 0.497 e. The fourth-order valence-electron chi connectivity index (χ4n) is 3.35. The van der Waals surface area contributed by atoms with Crippen molar-refractivity contribution in [2.24, 2.45) is 0 Å². The maximum Gasteiger partial charge on any atom is 0.322 e. The average Bonchev–Trinajstić information content (AvgIpc) is 2.73. The predicted molar refractivity (Wildman–Crippen MR) is 110 cm³/mol. The van der Waals surface area contributed by atoms with Gasteiger partial charge in [0.25, 0.3) is 0 Å². The Labute approximate surface area is 165 Å². The van der Waals surface area contributed by atoms with Crippen molar-refractivity contribution >= 4 is 17.9 Å². The number of ketones is 1. The fraction of sp³-hybridized carbons (Fsp3) is 0.217. The maximum absolute atomic E-state index is 13.1. The molecular formula is C23H24N2O3. The summed E-state index contributed by atoms with van der Waals surface area (Å²) in [7, 11) is 1.62. The molecule has 0 spiro atoms. The number of carbonyl (C=O) groups is 2. The number of nitrogens with one attached hydrogen (secondary N) is 1. The van der Waals surface area contributed by atoms with Crippen LogP contribution in [0.1, 0.15) is 31.0 Å². The van der Waals surface area contributed by atoms with Crippen molar-refractivity contribution in [3.05, 3.63) is 83.1 Å². The van der Waals surface area contributed by atoms with Gasteiger partial charge in [0, 0.05) is 17.8 Å². The molecule has 0 radical (unpaired) electrons. The van der Waals surface area contributed by atoms with Crippen molar-refractivity contribution < 1.29 is 14.3 Å². The Balaban J connectivity index is 1.95. The Morgan fingerprint density at radius 2 is 1.82 bits per heavy atom. The number of hydrogen-bond acceptors (Lipinski definition) is 3. The van der Waals surface area contributed by atoms with Crippen LogP contribution >= 0.6 is 0 Å².